The molecular weight excluding hydrogens is 295 g/mol. The van der Waals surface area contributed by atoms with E-state index in [1.807, 2.05) is 0 Å². The average Bonchev–Trinajstić information content (AvgIpc) is 2.52. The summed E-state index contributed by atoms with van der Waals surface area (Å²) in [6.07, 6.45) is -0.583. The quantitative estimate of drug-likeness (QED) is 0.809. The summed E-state index contributed by atoms with van der Waals surface area (Å²) in [5.41, 5.74) is 0.898. The Morgan fingerprint density at radius 2 is 2.00 bits per heavy atom. The van der Waals surface area contributed by atoms with Crippen molar-refractivity contribution in [1.29, 1.82) is 0 Å². The summed E-state index contributed by atoms with van der Waals surface area (Å²) >= 11 is 0. The Hall–Kier alpha value is -2.37. The molecule has 1 aromatic carbocycles. The predicted molar refractivity (Wildman–Crippen MR) is 74.4 cm³/mol. The van der Waals surface area contributed by atoms with Gasteiger partial charge in [-0.05, 0) is 36.1 Å². The Morgan fingerprint density at radius 3 is 2.68 bits per heavy atom. The molecule has 0 amide bonds. The van der Waals surface area contributed by atoms with Gasteiger partial charge in [0, 0.05) is 12.4 Å². The molecule has 6 heteroatoms. The van der Waals surface area contributed by atoms with Gasteiger partial charge in [0.15, 0.2) is 0 Å². The number of alkyl halides is 3. The van der Waals surface area contributed by atoms with Gasteiger partial charge in [0.1, 0.15) is 0 Å². The number of carbonyl (C=O) groups excluding carboxylic acids is 1. The van der Waals surface area contributed by atoms with Gasteiger partial charge in [0.2, 0.25) is 0 Å². The van der Waals surface area contributed by atoms with Gasteiger partial charge in [0.25, 0.3) is 0 Å². The van der Waals surface area contributed by atoms with Crippen molar-refractivity contribution >= 4 is 5.97 Å². The molecular formula is C16H14F3NO2. The number of aromatic nitrogens is 1. The lowest BCUT2D eigenvalue weighted by Gasteiger charge is -2.10. The van der Waals surface area contributed by atoms with Gasteiger partial charge in [-0.1, -0.05) is 18.2 Å². The second-order valence-corrected chi connectivity index (χ2v) is 4.72. The lowest BCUT2D eigenvalue weighted by atomic mass is 10.0. The van der Waals surface area contributed by atoms with E-state index in [0.29, 0.717) is 29.5 Å². The molecule has 0 aliphatic heterocycles. The van der Waals surface area contributed by atoms with Gasteiger partial charge < -0.3 is 4.74 Å². The first-order valence-electron chi connectivity index (χ1n) is 6.59. The van der Waals surface area contributed by atoms with Crippen molar-refractivity contribution < 1.29 is 22.7 Å². The first-order chi connectivity index (χ1) is 10.4. The molecule has 0 saturated heterocycles. The van der Waals surface area contributed by atoms with Crippen LogP contribution in [0.5, 0.6) is 0 Å². The van der Waals surface area contributed by atoms with Crippen LogP contribution in [-0.4, -0.2) is 18.1 Å². The van der Waals surface area contributed by atoms with E-state index in [2.05, 4.69) is 9.72 Å². The smallest absolute Gasteiger partial charge is 0.416 e. The molecule has 0 aliphatic rings. The summed E-state index contributed by atoms with van der Waals surface area (Å²) in [4.78, 5) is 15.6. The number of hydrogen-bond donors (Lipinski definition) is 0. The summed E-state index contributed by atoms with van der Waals surface area (Å²) < 4.78 is 42.7. The molecule has 0 N–H and O–H groups in total. The SMILES string of the molecule is COC(=O)c1ccncc1CCc1cccc(C(F)(F)F)c1. The number of esters is 1. The van der Waals surface area contributed by atoms with Crippen molar-refractivity contribution in [3.63, 3.8) is 0 Å². The van der Waals surface area contributed by atoms with Gasteiger partial charge >= 0.3 is 12.1 Å². The number of aryl methyl sites for hydroxylation is 2. The minimum atomic E-state index is -4.36. The molecule has 0 aliphatic carbocycles. The second-order valence-electron chi connectivity index (χ2n) is 4.72. The molecule has 0 radical (unpaired) electrons. The van der Waals surface area contributed by atoms with Crippen LogP contribution < -0.4 is 0 Å². The van der Waals surface area contributed by atoms with Crippen LogP contribution in [0.2, 0.25) is 0 Å². The van der Waals surface area contributed by atoms with E-state index in [0.717, 1.165) is 12.1 Å². The van der Waals surface area contributed by atoms with Crippen LogP contribution in [0.4, 0.5) is 13.2 Å². The Labute approximate surface area is 125 Å². The summed E-state index contributed by atoms with van der Waals surface area (Å²) in [6, 6.07) is 6.70. The molecule has 116 valence electrons. The molecule has 0 saturated carbocycles. The Kier molecular flexibility index (Phi) is 4.80. The first-order valence-corrected chi connectivity index (χ1v) is 6.59. The van der Waals surface area contributed by atoms with Crippen molar-refractivity contribution in [1.82, 2.24) is 4.98 Å². The Bertz CT molecular complexity index is 668. The number of pyridine rings is 1. The van der Waals surface area contributed by atoms with E-state index in [4.69, 9.17) is 0 Å². The molecule has 0 bridgehead atoms. The topological polar surface area (TPSA) is 39.2 Å². The largest absolute Gasteiger partial charge is 0.465 e. The summed E-state index contributed by atoms with van der Waals surface area (Å²) in [6.45, 7) is 0. The highest BCUT2D eigenvalue weighted by Gasteiger charge is 2.30. The number of methoxy groups -OCH3 is 1. The fraction of sp³-hybridized carbons (Fsp3) is 0.250. The van der Waals surface area contributed by atoms with Crippen LogP contribution in [0.3, 0.4) is 0 Å². The Morgan fingerprint density at radius 1 is 1.23 bits per heavy atom. The van der Waals surface area contributed by atoms with E-state index in [1.165, 1.54) is 31.6 Å². The number of benzene rings is 1. The Balaban J connectivity index is 2.16. The van der Waals surface area contributed by atoms with E-state index in [-0.39, 0.29) is 0 Å². The van der Waals surface area contributed by atoms with Gasteiger partial charge in [-0.25, -0.2) is 4.79 Å². The van der Waals surface area contributed by atoms with E-state index >= 15 is 0 Å². The van der Waals surface area contributed by atoms with Crippen molar-refractivity contribution in [2.24, 2.45) is 0 Å². The zero-order valence-electron chi connectivity index (χ0n) is 11.9. The molecule has 0 unspecified atom stereocenters. The molecule has 1 aromatic heterocycles. The number of ether oxygens (including phenoxy) is 1. The van der Waals surface area contributed by atoms with Crippen molar-refractivity contribution in [2.45, 2.75) is 19.0 Å². The van der Waals surface area contributed by atoms with Crippen LogP contribution in [0.15, 0.2) is 42.7 Å². The number of carbonyl (C=O) groups is 1. The van der Waals surface area contributed by atoms with Gasteiger partial charge in [0.05, 0.1) is 18.2 Å². The summed E-state index contributed by atoms with van der Waals surface area (Å²) in [5.74, 6) is -0.485. The van der Waals surface area contributed by atoms with Crippen molar-refractivity contribution in [3.05, 3.63) is 65.0 Å². The molecule has 0 fully saturated rings. The van der Waals surface area contributed by atoms with E-state index in [1.54, 1.807) is 6.07 Å². The van der Waals surface area contributed by atoms with Crippen LogP contribution in [0.25, 0.3) is 0 Å². The molecule has 0 atom stereocenters. The minimum absolute atomic E-state index is 0.375. The van der Waals surface area contributed by atoms with E-state index < -0.39 is 17.7 Å². The maximum Gasteiger partial charge on any atom is 0.416 e. The molecule has 2 rings (SSSR count). The van der Waals surface area contributed by atoms with E-state index in [9.17, 15) is 18.0 Å². The van der Waals surface area contributed by atoms with Gasteiger partial charge in [-0.15, -0.1) is 0 Å². The maximum atomic E-state index is 12.7. The standard InChI is InChI=1S/C16H14F3NO2/c1-22-15(21)14-7-8-20-10-12(14)6-5-11-3-2-4-13(9-11)16(17,18)19/h2-4,7-10H,5-6H2,1H3. The van der Waals surface area contributed by atoms with Crippen molar-refractivity contribution in [2.75, 3.05) is 7.11 Å². The van der Waals surface area contributed by atoms with Crippen molar-refractivity contribution in [3.8, 4) is 0 Å². The fourth-order valence-electron chi connectivity index (χ4n) is 2.12. The highest BCUT2D eigenvalue weighted by atomic mass is 19.4. The minimum Gasteiger partial charge on any atom is -0.465 e. The van der Waals surface area contributed by atoms with Crippen LogP contribution in [0.1, 0.15) is 27.0 Å². The zero-order chi connectivity index (χ0) is 16.2. The number of halogens is 3. The third-order valence-corrected chi connectivity index (χ3v) is 3.25. The second kappa shape index (κ2) is 6.60. The molecule has 0 spiro atoms. The van der Waals surface area contributed by atoms with Gasteiger partial charge in [-0.2, -0.15) is 13.2 Å². The number of rotatable bonds is 4. The summed E-state index contributed by atoms with van der Waals surface area (Å²) in [7, 11) is 1.28. The number of hydrogen-bond acceptors (Lipinski definition) is 3. The zero-order valence-corrected chi connectivity index (χ0v) is 11.9. The number of nitrogens with zero attached hydrogens (tertiary/aromatic N) is 1. The molecule has 2 aromatic rings. The predicted octanol–water partition coefficient (Wildman–Crippen LogP) is 3.67. The maximum absolute atomic E-state index is 12.7. The van der Waals surface area contributed by atoms with Gasteiger partial charge in [-0.3, -0.25) is 4.98 Å². The fourth-order valence-corrected chi connectivity index (χ4v) is 2.12. The lowest BCUT2D eigenvalue weighted by Crippen LogP contribution is -2.08. The average molecular weight is 309 g/mol. The molecule has 1 heterocycles. The highest BCUT2D eigenvalue weighted by molar-refractivity contribution is 5.90. The normalized spacial score (nSPS) is 11.3. The lowest BCUT2D eigenvalue weighted by molar-refractivity contribution is -0.137. The van der Waals surface area contributed by atoms with Crippen LogP contribution in [-0.2, 0) is 23.8 Å². The summed E-state index contributed by atoms with van der Waals surface area (Å²) in [5, 5.41) is 0. The molecule has 22 heavy (non-hydrogen) atoms. The van der Waals surface area contributed by atoms with Crippen LogP contribution in [0, 0.1) is 0 Å². The third-order valence-electron chi connectivity index (χ3n) is 3.25. The van der Waals surface area contributed by atoms with Crippen LogP contribution >= 0.6 is 0 Å². The first kappa shape index (κ1) is 16.0. The third kappa shape index (κ3) is 3.84. The molecule has 3 nitrogen and oxygen atoms in total. The highest BCUT2D eigenvalue weighted by Crippen LogP contribution is 2.29. The monoisotopic (exact) mass is 309 g/mol.